The number of ether oxygens (including phenoxy) is 1. The van der Waals surface area contributed by atoms with Gasteiger partial charge in [0, 0.05) is 0 Å². The molecule has 0 bridgehead atoms. The minimum Gasteiger partial charge on any atom is -0.473 e. The van der Waals surface area contributed by atoms with Gasteiger partial charge in [-0.1, -0.05) is 0 Å². The highest BCUT2D eigenvalue weighted by atomic mass is 32.2. The summed E-state index contributed by atoms with van der Waals surface area (Å²) < 4.78 is 30.5. The van der Waals surface area contributed by atoms with E-state index in [0.29, 0.717) is 5.76 Å². The Morgan fingerprint density at radius 3 is 2.93 bits per heavy atom. The Hall–Kier alpha value is -0.880. The van der Waals surface area contributed by atoms with Crippen molar-refractivity contribution < 1.29 is 13.2 Å². The van der Waals surface area contributed by atoms with E-state index in [-0.39, 0.29) is 6.23 Å². The molecule has 5 nitrogen and oxygen atoms in total. The van der Waals surface area contributed by atoms with Crippen LogP contribution in [-0.4, -0.2) is 27.4 Å². The van der Waals surface area contributed by atoms with Gasteiger partial charge in [-0.05, 0) is 25.8 Å². The maximum Gasteiger partial charge on any atom is 0.279 e. The Morgan fingerprint density at radius 1 is 1.50 bits per heavy atom. The first-order valence-corrected chi connectivity index (χ1v) is 6.08. The van der Waals surface area contributed by atoms with Gasteiger partial charge in [0.25, 0.3) is 10.0 Å². The van der Waals surface area contributed by atoms with Gasteiger partial charge < -0.3 is 4.74 Å². The van der Waals surface area contributed by atoms with Gasteiger partial charge in [0.05, 0.1) is 11.6 Å². The molecule has 0 radical (unpaired) electrons. The fourth-order valence-electron chi connectivity index (χ4n) is 1.48. The van der Waals surface area contributed by atoms with Crippen molar-refractivity contribution in [3.63, 3.8) is 0 Å². The molecule has 2 aliphatic rings. The molecule has 2 heterocycles. The molecule has 1 atom stereocenters. The zero-order valence-electron chi connectivity index (χ0n) is 7.64. The van der Waals surface area contributed by atoms with Gasteiger partial charge >= 0.3 is 0 Å². The van der Waals surface area contributed by atoms with Crippen molar-refractivity contribution in [1.29, 1.82) is 0 Å². The van der Waals surface area contributed by atoms with Crippen LogP contribution in [0.25, 0.3) is 0 Å². The van der Waals surface area contributed by atoms with E-state index in [2.05, 4.69) is 9.71 Å². The molecule has 6 heteroatoms. The van der Waals surface area contributed by atoms with Crippen molar-refractivity contribution in [3.05, 3.63) is 11.2 Å². The van der Waals surface area contributed by atoms with Gasteiger partial charge in [-0.25, -0.2) is 0 Å². The molecule has 2 aliphatic heterocycles. The number of hydrogen-bond acceptors (Lipinski definition) is 4. The molecule has 1 unspecified atom stereocenters. The quantitative estimate of drug-likeness (QED) is 0.723. The average molecular weight is 216 g/mol. The molecule has 2 rings (SSSR count). The van der Waals surface area contributed by atoms with E-state index in [9.17, 15) is 8.42 Å². The number of sulfonamides is 1. The van der Waals surface area contributed by atoms with Gasteiger partial charge in [-0.3, -0.25) is 5.32 Å². The summed E-state index contributed by atoms with van der Waals surface area (Å²) in [5, 5.41) is 4.20. The maximum atomic E-state index is 10.9. The molecule has 1 N–H and O–H groups in total. The third-order valence-corrected chi connectivity index (χ3v) is 3.06. The minimum absolute atomic E-state index is 0.0743. The first-order valence-electron chi connectivity index (χ1n) is 4.58. The monoisotopic (exact) mass is 216 g/mol. The Kier molecular flexibility index (Phi) is 2.56. The lowest BCUT2D eigenvalue weighted by Gasteiger charge is -2.23. The summed E-state index contributed by atoms with van der Waals surface area (Å²) in [6, 6.07) is 0. The molecular formula is C8H12N2O3S. The Balaban J connectivity index is 1.96. The van der Waals surface area contributed by atoms with Crippen LogP contribution in [0.5, 0.6) is 0 Å². The second-order valence-corrected chi connectivity index (χ2v) is 4.80. The van der Waals surface area contributed by atoms with Crippen LogP contribution in [0.1, 0.15) is 19.3 Å². The van der Waals surface area contributed by atoms with Crippen LogP contribution in [0.4, 0.5) is 0 Å². The summed E-state index contributed by atoms with van der Waals surface area (Å²) in [7, 11) is -3.39. The second kappa shape index (κ2) is 3.70. The van der Waals surface area contributed by atoms with Crippen molar-refractivity contribution in [1.82, 2.24) is 5.32 Å². The molecule has 0 aromatic carbocycles. The van der Waals surface area contributed by atoms with E-state index in [4.69, 9.17) is 4.74 Å². The number of rotatable bonds is 2. The zero-order chi connectivity index (χ0) is 10.0. The lowest BCUT2D eigenvalue weighted by molar-refractivity contribution is 0.0761. The highest BCUT2D eigenvalue weighted by molar-refractivity contribution is 7.93. The fraction of sp³-hybridized carbons (Fsp3) is 0.625. The molecule has 0 aromatic heterocycles. The van der Waals surface area contributed by atoms with Crippen LogP contribution in [0.15, 0.2) is 15.6 Å². The topological polar surface area (TPSA) is 67.8 Å². The predicted molar refractivity (Wildman–Crippen MR) is 52.2 cm³/mol. The van der Waals surface area contributed by atoms with E-state index < -0.39 is 10.0 Å². The first kappa shape index (κ1) is 9.67. The number of nitrogens with zero attached hydrogens (tertiary/aromatic N) is 1. The third kappa shape index (κ3) is 2.33. The van der Waals surface area contributed by atoms with Crippen LogP contribution in [0.3, 0.4) is 0 Å². The smallest absolute Gasteiger partial charge is 0.279 e. The van der Waals surface area contributed by atoms with Crippen LogP contribution < -0.4 is 5.32 Å². The second-order valence-electron chi connectivity index (χ2n) is 3.33. The van der Waals surface area contributed by atoms with Crippen LogP contribution >= 0.6 is 0 Å². The summed E-state index contributed by atoms with van der Waals surface area (Å²) in [4.78, 5) is 0. The summed E-state index contributed by atoms with van der Waals surface area (Å²) in [5.41, 5.74) is 0. The maximum absolute atomic E-state index is 10.9. The SMILES string of the molecule is O=S1(=O)C=C(OC2CCCCN2)C=N1. The van der Waals surface area contributed by atoms with Gasteiger partial charge in [0.15, 0.2) is 5.76 Å². The minimum atomic E-state index is -3.39. The molecule has 0 amide bonds. The largest absolute Gasteiger partial charge is 0.473 e. The summed E-state index contributed by atoms with van der Waals surface area (Å²) in [6.07, 6.45) is 4.33. The Bertz CT molecular complexity index is 366. The molecular weight excluding hydrogens is 204 g/mol. The van der Waals surface area contributed by atoms with Gasteiger partial charge in [-0.15, -0.1) is 0 Å². The van der Waals surface area contributed by atoms with Crippen LogP contribution in [0, 0.1) is 0 Å². The van der Waals surface area contributed by atoms with Crippen molar-refractivity contribution in [2.24, 2.45) is 4.40 Å². The average Bonchev–Trinajstić information content (AvgIpc) is 2.47. The number of hydrogen-bond donors (Lipinski definition) is 1. The van der Waals surface area contributed by atoms with E-state index in [0.717, 1.165) is 31.2 Å². The molecule has 0 aliphatic carbocycles. The first-order chi connectivity index (χ1) is 6.66. The zero-order valence-corrected chi connectivity index (χ0v) is 8.46. The van der Waals surface area contributed by atoms with Crippen molar-refractivity contribution in [2.45, 2.75) is 25.5 Å². The third-order valence-electron chi connectivity index (χ3n) is 2.14. The lowest BCUT2D eigenvalue weighted by atomic mass is 10.1. The predicted octanol–water partition coefficient (Wildman–Crippen LogP) is 0.358. The van der Waals surface area contributed by atoms with Gasteiger partial charge in [0.2, 0.25) is 0 Å². The normalized spacial score (nSPS) is 30.0. The van der Waals surface area contributed by atoms with Crippen molar-refractivity contribution in [2.75, 3.05) is 6.54 Å². The van der Waals surface area contributed by atoms with Crippen LogP contribution in [-0.2, 0) is 14.8 Å². The number of nitrogens with one attached hydrogen (secondary N) is 1. The standard InChI is InChI=1S/C8H12N2O3S/c11-14(12)6-7(5-10-14)13-8-3-1-2-4-9-8/h5-6,8-9H,1-4H2. The molecule has 1 saturated heterocycles. The highest BCUT2D eigenvalue weighted by Crippen LogP contribution is 2.15. The molecule has 1 fully saturated rings. The Morgan fingerprint density at radius 2 is 2.36 bits per heavy atom. The molecule has 0 spiro atoms. The van der Waals surface area contributed by atoms with E-state index in [1.54, 1.807) is 0 Å². The summed E-state index contributed by atoms with van der Waals surface area (Å²) in [6.45, 7) is 0.918. The fourth-order valence-corrected chi connectivity index (χ4v) is 2.20. The molecule has 0 aromatic rings. The van der Waals surface area contributed by atoms with Crippen molar-refractivity contribution in [3.8, 4) is 0 Å². The summed E-state index contributed by atoms with van der Waals surface area (Å²) in [5.74, 6) is 0.324. The molecule has 14 heavy (non-hydrogen) atoms. The number of piperidine rings is 1. The van der Waals surface area contributed by atoms with E-state index in [1.165, 1.54) is 6.21 Å². The van der Waals surface area contributed by atoms with E-state index >= 15 is 0 Å². The molecule has 78 valence electrons. The number of allylic oxidation sites excluding steroid dienone is 1. The van der Waals surface area contributed by atoms with Gasteiger partial charge in [-0.2, -0.15) is 12.8 Å². The van der Waals surface area contributed by atoms with E-state index in [1.807, 2.05) is 0 Å². The molecule has 0 saturated carbocycles. The van der Waals surface area contributed by atoms with Crippen LogP contribution in [0.2, 0.25) is 0 Å². The summed E-state index contributed by atoms with van der Waals surface area (Å²) >= 11 is 0. The highest BCUT2D eigenvalue weighted by Gasteiger charge is 2.19. The Labute approximate surface area is 82.9 Å². The van der Waals surface area contributed by atoms with Gasteiger partial charge in [0.1, 0.15) is 6.23 Å². The van der Waals surface area contributed by atoms with Crippen molar-refractivity contribution >= 4 is 16.2 Å². The lowest BCUT2D eigenvalue weighted by Crippen LogP contribution is -2.35.